The monoisotopic (exact) mass is 1330 g/mol. The van der Waals surface area contributed by atoms with Crippen LogP contribution in [0.4, 0.5) is 0 Å². The van der Waals surface area contributed by atoms with Crippen LogP contribution in [0.15, 0.2) is 146 Å². The minimum Gasteiger partial charge on any atom is -0.488 e. The number of hydrogen-bond acceptors (Lipinski definition) is 8. The van der Waals surface area contributed by atoms with E-state index in [2.05, 4.69) is 270 Å². The van der Waals surface area contributed by atoms with Crippen LogP contribution >= 0.6 is 23.8 Å². The van der Waals surface area contributed by atoms with E-state index in [1.807, 2.05) is 0 Å². The number of ether oxygens (including phenoxy) is 7. The number of nitrogens with two attached hydrogens (primary N) is 1. The summed E-state index contributed by atoms with van der Waals surface area (Å²) in [7, 11) is -1.06. The molecule has 512 valence electrons. The highest BCUT2D eigenvalue weighted by molar-refractivity contribution is 7.58. The molecule has 6 aromatic carbocycles. The highest BCUT2D eigenvalue weighted by Crippen LogP contribution is 2.40. The van der Waals surface area contributed by atoms with E-state index in [-0.39, 0.29) is 57.0 Å². The van der Waals surface area contributed by atoms with Gasteiger partial charge in [-0.25, -0.2) is 0 Å². The van der Waals surface area contributed by atoms with Crippen molar-refractivity contribution in [2.45, 2.75) is 202 Å². The van der Waals surface area contributed by atoms with Gasteiger partial charge in [-0.1, -0.05) is 139 Å². The van der Waals surface area contributed by atoms with Crippen LogP contribution in [0.1, 0.15) is 169 Å². The molecule has 0 atom stereocenters. The van der Waals surface area contributed by atoms with Crippen LogP contribution in [0.25, 0.3) is 0 Å². The average molecular weight is 1330 g/mol. The zero-order valence-electron chi connectivity index (χ0n) is 61.0. The second-order valence-electron chi connectivity index (χ2n) is 31.9. The summed E-state index contributed by atoms with van der Waals surface area (Å²) >= 11 is 0. The molecule has 0 amide bonds. The lowest BCUT2D eigenvalue weighted by Gasteiger charge is -2.30. The van der Waals surface area contributed by atoms with Gasteiger partial charge in [-0.05, 0) is 281 Å². The molecule has 0 saturated carbocycles. The predicted octanol–water partition coefficient (Wildman–Crippen LogP) is 19.9. The zero-order valence-corrected chi connectivity index (χ0v) is 63.7. The molecule has 11 heteroatoms. The molecule has 0 aromatic heterocycles. The standard InChI is InChI=1S/C82H122NO7P3/c1-76(2,3)70-31-19-64(20-32-70)43-52-91(53-44-65-21-33-71(34-22-65)77(4,5)6)58-49-84-61-82(83,62-85-50-59-92(54-45-66-23-35-72(36-24-66)87-78(7,8)9)55-46-67-25-37-73(38-26-67)88-79(10,11)12)63-86-51-60-93(56-47-68-27-39-74(40-28-68)89-80(13,14)15)57-48-69-29-41-75(42-30-69)90-81(16,17)18/h19-42H,43-63,83H2,1-18H3. The Morgan fingerprint density at radius 2 is 0.441 bits per heavy atom. The van der Waals surface area contributed by atoms with Gasteiger partial charge in [0.05, 0.1) is 45.2 Å². The Labute approximate surface area is 569 Å². The van der Waals surface area contributed by atoms with Gasteiger partial charge in [0.15, 0.2) is 0 Å². The van der Waals surface area contributed by atoms with Crippen molar-refractivity contribution in [1.82, 2.24) is 0 Å². The van der Waals surface area contributed by atoms with Gasteiger partial charge in [-0.3, -0.25) is 0 Å². The zero-order chi connectivity index (χ0) is 67.9. The summed E-state index contributed by atoms with van der Waals surface area (Å²) in [4.78, 5) is 0. The summed E-state index contributed by atoms with van der Waals surface area (Å²) in [6.07, 6.45) is 16.0. The molecule has 0 aliphatic heterocycles. The van der Waals surface area contributed by atoms with Crippen molar-refractivity contribution in [3.63, 3.8) is 0 Å². The Morgan fingerprint density at radius 3 is 0.613 bits per heavy atom. The molecule has 2 N–H and O–H groups in total. The maximum atomic E-state index is 7.54. The third-order valence-corrected chi connectivity index (χ3v) is 23.7. The number of benzene rings is 6. The van der Waals surface area contributed by atoms with E-state index < -0.39 is 5.54 Å². The van der Waals surface area contributed by atoms with E-state index in [1.54, 1.807) is 0 Å². The van der Waals surface area contributed by atoms with E-state index in [1.165, 1.54) is 56.8 Å². The largest absolute Gasteiger partial charge is 0.488 e. The predicted molar refractivity (Wildman–Crippen MR) is 404 cm³/mol. The maximum Gasteiger partial charge on any atom is 0.120 e. The Hall–Kier alpha value is -4.35. The first kappa shape index (κ1) is 77.7. The fraction of sp³-hybridized carbons (Fsp3) is 0.561. The third-order valence-electron chi connectivity index (χ3n) is 16.2. The molecule has 0 bridgehead atoms. The molecule has 0 radical (unpaired) electrons. The normalized spacial score (nSPS) is 12.9. The van der Waals surface area contributed by atoms with Crippen LogP contribution in [-0.2, 0) is 63.6 Å². The molecule has 0 aliphatic rings. The molecule has 0 spiro atoms. The summed E-state index contributed by atoms with van der Waals surface area (Å²) < 4.78 is 45.0. The lowest BCUT2D eigenvalue weighted by molar-refractivity contribution is -0.0145. The number of aryl methyl sites for hydroxylation is 6. The van der Waals surface area contributed by atoms with Gasteiger partial charge in [-0.2, -0.15) is 0 Å². The summed E-state index contributed by atoms with van der Waals surface area (Å²) in [6.45, 7) is 41.9. The molecular weight excluding hydrogens is 1200 g/mol. The van der Waals surface area contributed by atoms with Gasteiger partial charge in [0, 0.05) is 0 Å². The summed E-state index contributed by atoms with van der Waals surface area (Å²) in [6, 6.07) is 53.5. The summed E-state index contributed by atoms with van der Waals surface area (Å²) in [5, 5.41) is 0. The molecule has 0 heterocycles. The highest BCUT2D eigenvalue weighted by Gasteiger charge is 2.28. The van der Waals surface area contributed by atoms with Gasteiger partial charge >= 0.3 is 0 Å². The van der Waals surface area contributed by atoms with Crippen molar-refractivity contribution in [3.8, 4) is 23.0 Å². The lowest BCUT2D eigenvalue weighted by Crippen LogP contribution is -2.53. The third kappa shape index (κ3) is 32.0. The molecule has 8 nitrogen and oxygen atoms in total. The SMILES string of the molecule is CC(C)(C)Oc1ccc(CCP(CCOCC(N)(COCCP(CCc2ccc(OC(C)(C)C)cc2)CCc2ccc(OC(C)(C)C)cc2)COCCP(CCc2ccc(C(C)(C)C)cc2)CCc2ccc(C(C)(C)C)cc2)CCc2ccc(OC(C)(C)C)cc2)cc1. The van der Waals surface area contributed by atoms with Gasteiger partial charge in [0.2, 0.25) is 0 Å². The van der Waals surface area contributed by atoms with E-state index >= 15 is 0 Å². The molecule has 0 fully saturated rings. The molecule has 0 saturated heterocycles. The second kappa shape index (κ2) is 36.3. The van der Waals surface area contributed by atoms with E-state index in [4.69, 9.17) is 38.9 Å². The first-order valence-electron chi connectivity index (χ1n) is 34.6. The average Bonchev–Trinajstić information content (AvgIpc) is 1.59. The number of rotatable bonds is 37. The second-order valence-corrected chi connectivity index (χ2v) is 39.9. The van der Waals surface area contributed by atoms with Crippen LogP contribution < -0.4 is 24.7 Å². The molecule has 0 unspecified atom stereocenters. The number of hydrogen-bond donors (Lipinski definition) is 1. The van der Waals surface area contributed by atoms with Crippen molar-refractivity contribution >= 4 is 23.8 Å². The van der Waals surface area contributed by atoms with Gasteiger partial charge in [-0.15, -0.1) is 23.8 Å². The summed E-state index contributed by atoms with van der Waals surface area (Å²) in [5.74, 6) is 3.63. The van der Waals surface area contributed by atoms with Crippen LogP contribution in [0.2, 0.25) is 0 Å². The van der Waals surface area contributed by atoms with Crippen molar-refractivity contribution in [2.75, 3.05) is 95.1 Å². The molecule has 0 aliphatic carbocycles. The Balaban J connectivity index is 1.16. The van der Waals surface area contributed by atoms with Crippen LogP contribution in [-0.4, -0.2) is 123 Å². The molecule has 6 rings (SSSR count). The topological polar surface area (TPSA) is 90.6 Å². The fourth-order valence-corrected chi connectivity index (χ4v) is 17.5. The van der Waals surface area contributed by atoms with Crippen molar-refractivity contribution in [2.24, 2.45) is 5.73 Å². The van der Waals surface area contributed by atoms with E-state index in [0.717, 1.165) is 105 Å². The molecule has 6 aromatic rings. The van der Waals surface area contributed by atoms with E-state index in [9.17, 15) is 0 Å². The van der Waals surface area contributed by atoms with Gasteiger partial charge in [0.25, 0.3) is 0 Å². The first-order valence-corrected chi connectivity index (χ1v) is 40.3. The Morgan fingerprint density at radius 1 is 0.258 bits per heavy atom. The minimum atomic E-state index is -0.820. The van der Waals surface area contributed by atoms with Crippen LogP contribution in [0.5, 0.6) is 23.0 Å². The quantitative estimate of drug-likeness (QED) is 0.0305. The van der Waals surface area contributed by atoms with Crippen molar-refractivity contribution in [1.29, 1.82) is 0 Å². The lowest BCUT2D eigenvalue weighted by atomic mass is 9.86. The van der Waals surface area contributed by atoms with Gasteiger partial charge in [0.1, 0.15) is 45.4 Å². The summed E-state index contributed by atoms with van der Waals surface area (Å²) in [5.41, 5.74) is 16.9. The molecule has 93 heavy (non-hydrogen) atoms. The van der Waals surface area contributed by atoms with Crippen molar-refractivity contribution in [3.05, 3.63) is 190 Å². The van der Waals surface area contributed by atoms with Crippen LogP contribution in [0.3, 0.4) is 0 Å². The Kier molecular flexibility index (Phi) is 30.3. The minimum absolute atomic E-state index is 0.130. The van der Waals surface area contributed by atoms with Crippen molar-refractivity contribution < 1.29 is 33.2 Å². The van der Waals surface area contributed by atoms with E-state index in [0.29, 0.717) is 39.6 Å². The van der Waals surface area contributed by atoms with Crippen LogP contribution in [0, 0.1) is 0 Å². The molecular formula is C82H122NO7P3. The Bertz CT molecular complexity index is 2710. The maximum absolute atomic E-state index is 7.54. The first-order chi connectivity index (χ1) is 43.6. The fourth-order valence-electron chi connectivity index (χ4n) is 10.9. The highest BCUT2D eigenvalue weighted by atomic mass is 31.1. The smallest absolute Gasteiger partial charge is 0.120 e. The van der Waals surface area contributed by atoms with Gasteiger partial charge < -0.3 is 38.9 Å².